The van der Waals surface area contributed by atoms with Gasteiger partial charge in [0.15, 0.2) is 0 Å². The molecule has 1 aromatic rings. The average Bonchev–Trinajstić information content (AvgIpc) is 2.82. The third kappa shape index (κ3) is 4.47. The van der Waals surface area contributed by atoms with Crippen molar-refractivity contribution in [1.29, 1.82) is 0 Å². The first kappa shape index (κ1) is 15.3. The minimum Gasteiger partial charge on any atom is -0.481 e. The fourth-order valence-electron chi connectivity index (χ4n) is 2.88. The van der Waals surface area contributed by atoms with E-state index in [4.69, 9.17) is 5.11 Å². The lowest BCUT2D eigenvalue weighted by Crippen LogP contribution is -2.54. The maximum atomic E-state index is 12.0. The van der Waals surface area contributed by atoms with Crippen molar-refractivity contribution < 1.29 is 14.7 Å². The summed E-state index contributed by atoms with van der Waals surface area (Å²) in [6.07, 6.45) is 6.22. The lowest BCUT2D eigenvalue weighted by Gasteiger charge is -2.36. The molecule has 0 atom stereocenters. The van der Waals surface area contributed by atoms with Crippen LogP contribution in [0, 0.1) is 0 Å². The Morgan fingerprint density at radius 3 is 2.67 bits per heavy atom. The molecule has 116 valence electrons. The Kier molecular flexibility index (Phi) is 4.82. The van der Waals surface area contributed by atoms with Gasteiger partial charge >= 0.3 is 12.0 Å². The number of hydrogen-bond donors (Lipinski definition) is 3. The van der Waals surface area contributed by atoms with Gasteiger partial charge in [0.1, 0.15) is 0 Å². The van der Waals surface area contributed by atoms with E-state index in [-0.39, 0.29) is 12.5 Å². The van der Waals surface area contributed by atoms with E-state index in [0.29, 0.717) is 6.54 Å². The summed E-state index contributed by atoms with van der Waals surface area (Å²) in [7, 11) is 1.81. The number of nitrogens with one attached hydrogen (secondary N) is 2. The highest BCUT2D eigenvalue weighted by Crippen LogP contribution is 2.31. The van der Waals surface area contributed by atoms with E-state index in [1.807, 2.05) is 19.3 Å². The zero-order valence-electron chi connectivity index (χ0n) is 12.3. The van der Waals surface area contributed by atoms with Crippen molar-refractivity contribution in [2.45, 2.75) is 50.6 Å². The molecule has 0 unspecified atom stereocenters. The molecule has 1 aliphatic carbocycles. The van der Waals surface area contributed by atoms with Gasteiger partial charge < -0.3 is 15.7 Å². The number of carbonyl (C=O) groups is 2. The molecule has 1 fully saturated rings. The fourth-order valence-corrected chi connectivity index (χ4v) is 2.88. The molecule has 0 aromatic carbocycles. The largest absolute Gasteiger partial charge is 0.481 e. The van der Waals surface area contributed by atoms with E-state index >= 15 is 0 Å². The monoisotopic (exact) mass is 294 g/mol. The first-order valence-electron chi connectivity index (χ1n) is 7.25. The summed E-state index contributed by atoms with van der Waals surface area (Å²) in [5.41, 5.74) is 0.154. The van der Waals surface area contributed by atoms with Crippen LogP contribution in [-0.4, -0.2) is 32.4 Å². The van der Waals surface area contributed by atoms with Gasteiger partial charge in [0.25, 0.3) is 0 Å². The minimum atomic E-state index is -0.873. The molecule has 0 saturated heterocycles. The molecule has 2 amide bonds. The molecule has 7 heteroatoms. The molecule has 2 rings (SSSR count). The number of hydrogen-bond acceptors (Lipinski definition) is 3. The van der Waals surface area contributed by atoms with Crippen molar-refractivity contribution in [2.24, 2.45) is 7.05 Å². The third-order valence-corrected chi connectivity index (χ3v) is 3.88. The highest BCUT2D eigenvalue weighted by atomic mass is 16.4. The predicted octanol–water partition coefficient (Wildman–Crippen LogP) is 1.40. The summed E-state index contributed by atoms with van der Waals surface area (Å²) >= 11 is 0. The van der Waals surface area contributed by atoms with Crippen molar-refractivity contribution in [1.82, 2.24) is 20.4 Å². The van der Waals surface area contributed by atoms with Crippen LogP contribution in [0.5, 0.6) is 0 Å². The number of amides is 2. The Morgan fingerprint density at radius 1 is 1.38 bits per heavy atom. The Hall–Kier alpha value is -2.05. The van der Waals surface area contributed by atoms with Crippen LogP contribution >= 0.6 is 0 Å². The Labute approximate surface area is 123 Å². The van der Waals surface area contributed by atoms with Crippen molar-refractivity contribution >= 4 is 12.0 Å². The predicted molar refractivity (Wildman–Crippen MR) is 76.6 cm³/mol. The van der Waals surface area contributed by atoms with Gasteiger partial charge in [-0.15, -0.1) is 0 Å². The lowest BCUT2D eigenvalue weighted by molar-refractivity contribution is -0.139. The maximum Gasteiger partial charge on any atom is 0.315 e. The van der Waals surface area contributed by atoms with Gasteiger partial charge in [0.05, 0.1) is 24.2 Å². The van der Waals surface area contributed by atoms with Gasteiger partial charge in [-0.25, -0.2) is 4.79 Å². The van der Waals surface area contributed by atoms with Gasteiger partial charge in [-0.3, -0.25) is 9.48 Å². The summed E-state index contributed by atoms with van der Waals surface area (Å²) in [5, 5.41) is 18.9. The number of carbonyl (C=O) groups excluding carboxylic acids is 1. The van der Waals surface area contributed by atoms with E-state index in [0.717, 1.165) is 37.8 Å². The standard InChI is InChI=1S/C14H22N4O3/c1-18-8-5-11(17-18)10-15-13(21)16-14(9-12(19)20)6-3-2-4-7-14/h5,8H,2-4,6-7,9-10H2,1H3,(H,19,20)(H2,15,16,21). The number of aliphatic carboxylic acids is 1. The zero-order valence-corrected chi connectivity index (χ0v) is 12.3. The zero-order chi connectivity index (χ0) is 15.3. The van der Waals surface area contributed by atoms with Gasteiger partial charge in [-0.05, 0) is 18.9 Å². The number of carboxylic acids is 1. The molecule has 21 heavy (non-hydrogen) atoms. The van der Waals surface area contributed by atoms with Crippen LogP contribution in [0.25, 0.3) is 0 Å². The minimum absolute atomic E-state index is 0.0238. The summed E-state index contributed by atoms with van der Waals surface area (Å²) in [6.45, 7) is 0.329. The van der Waals surface area contributed by atoms with E-state index < -0.39 is 11.5 Å². The number of rotatable bonds is 5. The third-order valence-electron chi connectivity index (χ3n) is 3.88. The molecule has 7 nitrogen and oxygen atoms in total. The van der Waals surface area contributed by atoms with Crippen molar-refractivity contribution in [2.75, 3.05) is 0 Å². The van der Waals surface area contributed by atoms with Crippen molar-refractivity contribution in [3.05, 3.63) is 18.0 Å². The molecular weight excluding hydrogens is 272 g/mol. The number of urea groups is 1. The first-order chi connectivity index (χ1) is 9.99. The van der Waals surface area contributed by atoms with Crippen LogP contribution in [0.2, 0.25) is 0 Å². The SMILES string of the molecule is Cn1ccc(CNC(=O)NC2(CC(=O)O)CCCCC2)n1. The summed E-state index contributed by atoms with van der Waals surface area (Å²) < 4.78 is 1.67. The molecule has 0 radical (unpaired) electrons. The van der Waals surface area contributed by atoms with Crippen molar-refractivity contribution in [3.8, 4) is 0 Å². The second-order valence-electron chi connectivity index (χ2n) is 5.70. The van der Waals surface area contributed by atoms with E-state index in [1.54, 1.807) is 4.68 Å². The highest BCUT2D eigenvalue weighted by molar-refractivity contribution is 5.76. The molecule has 1 heterocycles. The van der Waals surface area contributed by atoms with Crippen LogP contribution in [0.3, 0.4) is 0 Å². The Balaban J connectivity index is 1.89. The van der Waals surface area contributed by atoms with Crippen molar-refractivity contribution in [3.63, 3.8) is 0 Å². The normalized spacial score (nSPS) is 17.2. The molecule has 1 saturated carbocycles. The smallest absolute Gasteiger partial charge is 0.315 e. The number of aryl methyl sites for hydroxylation is 1. The molecule has 0 bridgehead atoms. The molecule has 1 aliphatic rings. The highest BCUT2D eigenvalue weighted by Gasteiger charge is 2.35. The summed E-state index contributed by atoms with van der Waals surface area (Å²) in [4.78, 5) is 23.1. The molecule has 3 N–H and O–H groups in total. The molecular formula is C14H22N4O3. The number of aromatic nitrogens is 2. The van der Waals surface area contributed by atoms with Crippen LogP contribution in [-0.2, 0) is 18.4 Å². The van der Waals surface area contributed by atoms with Crippen LogP contribution in [0.15, 0.2) is 12.3 Å². The van der Waals surface area contributed by atoms with Crippen LogP contribution in [0.1, 0.15) is 44.2 Å². The number of carboxylic acid groups (broad SMARTS) is 1. The van der Waals surface area contributed by atoms with Gasteiger partial charge in [0, 0.05) is 13.2 Å². The van der Waals surface area contributed by atoms with E-state index in [1.165, 1.54) is 0 Å². The summed E-state index contributed by atoms with van der Waals surface area (Å²) in [5.74, 6) is -0.873. The maximum absolute atomic E-state index is 12.0. The Morgan fingerprint density at radius 2 is 2.10 bits per heavy atom. The summed E-state index contributed by atoms with van der Waals surface area (Å²) in [6, 6.07) is 1.50. The Bertz CT molecular complexity index is 506. The number of nitrogens with zero attached hydrogens (tertiary/aromatic N) is 2. The average molecular weight is 294 g/mol. The fraction of sp³-hybridized carbons (Fsp3) is 0.643. The molecule has 0 aliphatic heterocycles. The molecule has 0 spiro atoms. The van der Waals surface area contributed by atoms with Gasteiger partial charge in [-0.1, -0.05) is 19.3 Å². The first-order valence-corrected chi connectivity index (χ1v) is 7.25. The molecule has 1 aromatic heterocycles. The van der Waals surface area contributed by atoms with E-state index in [2.05, 4.69) is 15.7 Å². The lowest BCUT2D eigenvalue weighted by atomic mass is 9.79. The van der Waals surface area contributed by atoms with Gasteiger partial charge in [-0.2, -0.15) is 5.10 Å². The van der Waals surface area contributed by atoms with Crippen LogP contribution < -0.4 is 10.6 Å². The topological polar surface area (TPSA) is 96.2 Å². The second kappa shape index (κ2) is 6.60. The van der Waals surface area contributed by atoms with E-state index in [9.17, 15) is 9.59 Å². The van der Waals surface area contributed by atoms with Crippen LogP contribution in [0.4, 0.5) is 4.79 Å². The quantitative estimate of drug-likeness (QED) is 0.764. The van der Waals surface area contributed by atoms with Gasteiger partial charge in [0.2, 0.25) is 0 Å². The second-order valence-corrected chi connectivity index (χ2v) is 5.70.